The molecule has 1 unspecified atom stereocenters. The van der Waals surface area contributed by atoms with Crippen molar-refractivity contribution in [3.8, 4) is 0 Å². The smallest absolute Gasteiger partial charge is 0.0399 e. The average Bonchev–Trinajstić information content (AvgIpc) is 2.82. The first kappa shape index (κ1) is 12.0. The summed E-state index contributed by atoms with van der Waals surface area (Å²) >= 11 is 0. The molecule has 0 saturated carbocycles. The zero-order chi connectivity index (χ0) is 12.4. The number of benzene rings is 1. The largest absolute Gasteiger partial charge is 0.371 e. The van der Waals surface area contributed by atoms with E-state index in [4.69, 9.17) is 0 Å². The predicted molar refractivity (Wildman–Crippen MR) is 77.3 cm³/mol. The van der Waals surface area contributed by atoms with Crippen LogP contribution in [0.4, 0.5) is 5.69 Å². The normalized spacial score (nSPS) is 23.2. The topological polar surface area (TPSA) is 15.3 Å². The fourth-order valence-corrected chi connectivity index (χ4v) is 3.41. The minimum Gasteiger partial charge on any atom is -0.371 e. The molecule has 0 aromatic heterocycles. The summed E-state index contributed by atoms with van der Waals surface area (Å²) in [5, 5.41) is 3.52. The molecule has 2 heteroatoms. The van der Waals surface area contributed by atoms with Crippen molar-refractivity contribution in [3.63, 3.8) is 0 Å². The Morgan fingerprint density at radius 2 is 2.33 bits per heavy atom. The Labute approximate surface area is 110 Å². The Morgan fingerprint density at radius 1 is 1.39 bits per heavy atom. The van der Waals surface area contributed by atoms with Crippen LogP contribution in [0.25, 0.3) is 0 Å². The van der Waals surface area contributed by atoms with E-state index in [9.17, 15) is 0 Å². The number of hydrogen-bond donors (Lipinski definition) is 1. The molecule has 0 spiro atoms. The second kappa shape index (κ2) is 5.31. The molecule has 1 aromatic rings. The molecule has 98 valence electrons. The molecule has 2 nitrogen and oxygen atoms in total. The highest BCUT2D eigenvalue weighted by Crippen LogP contribution is 2.29. The highest BCUT2D eigenvalue weighted by molar-refractivity contribution is 5.59. The summed E-state index contributed by atoms with van der Waals surface area (Å²) in [6.07, 6.45) is 5.23. The Bertz CT molecular complexity index is 408. The van der Waals surface area contributed by atoms with Gasteiger partial charge in [-0.05, 0) is 68.8 Å². The van der Waals surface area contributed by atoms with Gasteiger partial charge in [0.25, 0.3) is 0 Å². The van der Waals surface area contributed by atoms with E-state index >= 15 is 0 Å². The van der Waals surface area contributed by atoms with Gasteiger partial charge in [0.1, 0.15) is 0 Å². The zero-order valence-corrected chi connectivity index (χ0v) is 11.4. The van der Waals surface area contributed by atoms with Gasteiger partial charge in [0.05, 0.1) is 0 Å². The maximum Gasteiger partial charge on any atom is 0.0399 e. The number of hydrogen-bond acceptors (Lipinski definition) is 2. The third kappa shape index (κ3) is 2.39. The molecule has 0 aliphatic carbocycles. The fraction of sp³-hybridized carbons (Fsp3) is 0.625. The van der Waals surface area contributed by atoms with Gasteiger partial charge in [0.2, 0.25) is 0 Å². The summed E-state index contributed by atoms with van der Waals surface area (Å²) in [4.78, 5) is 2.49. The van der Waals surface area contributed by atoms with Crippen LogP contribution in [-0.2, 0) is 12.8 Å². The van der Waals surface area contributed by atoms with Crippen LogP contribution < -0.4 is 10.2 Å². The summed E-state index contributed by atoms with van der Waals surface area (Å²) in [6, 6.07) is 7.15. The highest BCUT2D eigenvalue weighted by Gasteiger charge is 2.19. The molecule has 18 heavy (non-hydrogen) atoms. The fourth-order valence-electron chi connectivity index (χ4n) is 3.41. The molecular formula is C16H24N2. The Hall–Kier alpha value is -1.02. The number of anilines is 1. The Balaban J connectivity index is 1.70. The molecule has 2 aliphatic rings. The maximum absolute atomic E-state index is 3.52. The van der Waals surface area contributed by atoms with E-state index in [1.807, 2.05) is 0 Å². The van der Waals surface area contributed by atoms with Crippen molar-refractivity contribution >= 4 is 5.69 Å². The van der Waals surface area contributed by atoms with Crippen LogP contribution in [0.1, 0.15) is 30.9 Å². The molecule has 1 aromatic carbocycles. The van der Waals surface area contributed by atoms with Gasteiger partial charge < -0.3 is 10.2 Å². The quantitative estimate of drug-likeness (QED) is 0.879. The van der Waals surface area contributed by atoms with E-state index in [2.05, 4.69) is 35.3 Å². The lowest BCUT2D eigenvalue weighted by Crippen LogP contribution is -2.30. The summed E-state index contributed by atoms with van der Waals surface area (Å²) < 4.78 is 0. The van der Waals surface area contributed by atoms with Gasteiger partial charge in [-0.15, -0.1) is 0 Å². The highest BCUT2D eigenvalue weighted by atomic mass is 15.1. The number of likely N-dealkylation sites (N-methyl/N-ethyl adjacent to an activating group) is 1. The molecular weight excluding hydrogens is 220 g/mol. The third-order valence-corrected chi connectivity index (χ3v) is 4.44. The molecule has 1 fully saturated rings. The number of piperidine rings is 1. The molecule has 0 amide bonds. The summed E-state index contributed by atoms with van der Waals surface area (Å²) in [5.41, 5.74) is 4.58. The van der Waals surface area contributed by atoms with E-state index < -0.39 is 0 Å². The third-order valence-electron chi connectivity index (χ3n) is 4.44. The first-order valence-electron chi connectivity index (χ1n) is 7.44. The molecule has 2 heterocycles. The van der Waals surface area contributed by atoms with Crippen LogP contribution in [-0.4, -0.2) is 26.2 Å². The minimum absolute atomic E-state index is 0.848. The van der Waals surface area contributed by atoms with Crippen LogP contribution in [0.2, 0.25) is 0 Å². The van der Waals surface area contributed by atoms with Crippen molar-refractivity contribution in [2.45, 2.75) is 32.6 Å². The van der Waals surface area contributed by atoms with Crippen LogP contribution in [0.5, 0.6) is 0 Å². The van der Waals surface area contributed by atoms with Crippen molar-refractivity contribution < 1.29 is 0 Å². The van der Waals surface area contributed by atoms with Crippen LogP contribution >= 0.6 is 0 Å². The number of fused-ring (bicyclic) bond motifs is 1. The molecule has 2 aliphatic heterocycles. The van der Waals surface area contributed by atoms with E-state index in [0.29, 0.717) is 0 Å². The predicted octanol–water partition coefficient (Wildman–Crippen LogP) is 2.61. The van der Waals surface area contributed by atoms with E-state index in [0.717, 1.165) is 12.5 Å². The van der Waals surface area contributed by atoms with Gasteiger partial charge >= 0.3 is 0 Å². The molecule has 1 saturated heterocycles. The average molecular weight is 244 g/mol. The Morgan fingerprint density at radius 3 is 3.11 bits per heavy atom. The Kier molecular flexibility index (Phi) is 3.55. The summed E-state index contributed by atoms with van der Waals surface area (Å²) in [5.74, 6) is 0.848. The zero-order valence-electron chi connectivity index (χ0n) is 11.4. The molecule has 0 bridgehead atoms. The van der Waals surface area contributed by atoms with Gasteiger partial charge in [0, 0.05) is 18.8 Å². The van der Waals surface area contributed by atoms with Crippen molar-refractivity contribution in [1.29, 1.82) is 0 Å². The lowest BCUT2D eigenvalue weighted by atomic mass is 9.91. The molecule has 3 rings (SSSR count). The first-order chi connectivity index (χ1) is 8.86. The second-order valence-electron chi connectivity index (χ2n) is 5.71. The number of rotatable bonds is 3. The van der Waals surface area contributed by atoms with Gasteiger partial charge in [-0.1, -0.05) is 12.1 Å². The standard InChI is InChI=1S/C16H24N2/c1-2-18-9-7-15-11-13(5-6-16(15)18)10-14-4-3-8-17-12-14/h5-6,11,14,17H,2-4,7-10,12H2,1H3. The van der Waals surface area contributed by atoms with E-state index in [1.165, 1.54) is 51.0 Å². The monoisotopic (exact) mass is 244 g/mol. The first-order valence-corrected chi connectivity index (χ1v) is 7.44. The van der Waals surface area contributed by atoms with Gasteiger partial charge in [-0.25, -0.2) is 0 Å². The molecule has 0 radical (unpaired) electrons. The van der Waals surface area contributed by atoms with Crippen LogP contribution in [0.15, 0.2) is 18.2 Å². The molecule has 1 atom stereocenters. The number of nitrogens with zero attached hydrogens (tertiary/aromatic N) is 1. The summed E-state index contributed by atoms with van der Waals surface area (Å²) in [6.45, 7) is 7.01. The minimum atomic E-state index is 0.848. The van der Waals surface area contributed by atoms with Crippen molar-refractivity contribution in [2.75, 3.05) is 31.1 Å². The van der Waals surface area contributed by atoms with Crippen molar-refractivity contribution in [2.24, 2.45) is 5.92 Å². The lowest BCUT2D eigenvalue weighted by molar-refractivity contribution is 0.376. The second-order valence-corrected chi connectivity index (χ2v) is 5.71. The van der Waals surface area contributed by atoms with Gasteiger partial charge in [-0.2, -0.15) is 0 Å². The summed E-state index contributed by atoms with van der Waals surface area (Å²) in [7, 11) is 0. The van der Waals surface area contributed by atoms with E-state index in [1.54, 1.807) is 11.1 Å². The lowest BCUT2D eigenvalue weighted by Gasteiger charge is -2.23. The maximum atomic E-state index is 3.52. The van der Waals surface area contributed by atoms with Gasteiger partial charge in [0.15, 0.2) is 0 Å². The van der Waals surface area contributed by atoms with Crippen molar-refractivity contribution in [1.82, 2.24) is 5.32 Å². The number of nitrogens with one attached hydrogen (secondary N) is 1. The van der Waals surface area contributed by atoms with Crippen LogP contribution in [0.3, 0.4) is 0 Å². The van der Waals surface area contributed by atoms with Crippen molar-refractivity contribution in [3.05, 3.63) is 29.3 Å². The molecule has 1 N–H and O–H groups in total. The van der Waals surface area contributed by atoms with E-state index in [-0.39, 0.29) is 0 Å². The SMILES string of the molecule is CCN1CCc2cc(CC3CCCNC3)ccc21. The van der Waals surface area contributed by atoms with Gasteiger partial charge in [-0.3, -0.25) is 0 Å². The van der Waals surface area contributed by atoms with Crippen LogP contribution in [0, 0.1) is 5.92 Å².